The van der Waals surface area contributed by atoms with Crippen LogP contribution in [0.3, 0.4) is 0 Å². The Bertz CT molecular complexity index is 1300. The van der Waals surface area contributed by atoms with Crippen molar-refractivity contribution in [1.82, 2.24) is 10.6 Å². The van der Waals surface area contributed by atoms with Crippen LogP contribution in [-0.2, 0) is 38.0 Å². The number of aryl methyl sites for hydroxylation is 2. The Morgan fingerprint density at radius 2 is 1.16 bits per heavy atom. The van der Waals surface area contributed by atoms with E-state index in [0.29, 0.717) is 11.5 Å². The van der Waals surface area contributed by atoms with Crippen LogP contribution in [0.1, 0.15) is 83.7 Å². The van der Waals surface area contributed by atoms with Crippen molar-refractivity contribution in [2.45, 2.75) is 78.0 Å². The van der Waals surface area contributed by atoms with E-state index in [9.17, 15) is 19.2 Å². The lowest BCUT2D eigenvalue weighted by molar-refractivity contribution is -0.151. The van der Waals surface area contributed by atoms with Crippen molar-refractivity contribution in [3.05, 3.63) is 46.3 Å². The SMILES string of the molecule is CCOC(=O)c1cc([C@@H]2OC[C@H](NC(=S)N[C@H]3CO[C@@H](c4cc(C(=O)OCC)c(C)o4)[C@@H]3OC(C)=O)[C@H]2OC(C)=O)oc1C. The maximum atomic E-state index is 12.3. The summed E-state index contributed by atoms with van der Waals surface area (Å²) in [5.41, 5.74) is 0.489. The Balaban J connectivity index is 1.47. The van der Waals surface area contributed by atoms with Gasteiger partial charge in [-0.3, -0.25) is 9.59 Å². The number of hydrogen-bond donors (Lipinski definition) is 2. The molecule has 0 radical (unpaired) electrons. The van der Waals surface area contributed by atoms with Crippen LogP contribution in [0, 0.1) is 13.8 Å². The fourth-order valence-electron chi connectivity index (χ4n) is 5.11. The van der Waals surface area contributed by atoms with E-state index in [-0.39, 0.29) is 54.2 Å². The normalized spacial score (nSPS) is 24.4. The summed E-state index contributed by atoms with van der Waals surface area (Å²) < 4.78 is 44.7. The van der Waals surface area contributed by atoms with Crippen LogP contribution in [0.15, 0.2) is 21.0 Å². The number of furan rings is 2. The minimum absolute atomic E-state index is 0.0817. The second kappa shape index (κ2) is 14.2. The minimum atomic E-state index is -0.864. The van der Waals surface area contributed by atoms with E-state index in [1.165, 1.54) is 26.0 Å². The Kier molecular flexibility index (Phi) is 10.7. The average molecular weight is 637 g/mol. The third-order valence-corrected chi connectivity index (χ3v) is 7.20. The summed E-state index contributed by atoms with van der Waals surface area (Å²) in [5.74, 6) is -0.926. The molecule has 14 nitrogen and oxygen atoms in total. The van der Waals surface area contributed by atoms with Crippen molar-refractivity contribution in [2.75, 3.05) is 26.4 Å². The summed E-state index contributed by atoms with van der Waals surface area (Å²) in [6.45, 7) is 9.74. The number of carbonyl (C=O) groups is 4. The van der Waals surface area contributed by atoms with Crippen molar-refractivity contribution in [1.29, 1.82) is 0 Å². The van der Waals surface area contributed by atoms with Crippen LogP contribution in [0.2, 0.25) is 0 Å². The van der Waals surface area contributed by atoms with Gasteiger partial charge < -0.3 is 47.9 Å². The minimum Gasteiger partial charge on any atom is -0.463 e. The molecule has 4 heterocycles. The zero-order chi connectivity index (χ0) is 32.1. The molecule has 2 saturated heterocycles. The van der Waals surface area contributed by atoms with E-state index in [1.807, 2.05) is 0 Å². The van der Waals surface area contributed by atoms with Gasteiger partial charge in [0.1, 0.15) is 34.2 Å². The van der Waals surface area contributed by atoms with Gasteiger partial charge in [-0.2, -0.15) is 0 Å². The van der Waals surface area contributed by atoms with Gasteiger partial charge in [-0.25, -0.2) is 9.59 Å². The van der Waals surface area contributed by atoms with E-state index in [2.05, 4.69) is 10.6 Å². The van der Waals surface area contributed by atoms with Gasteiger partial charge in [0.15, 0.2) is 29.5 Å². The van der Waals surface area contributed by atoms with Crippen LogP contribution >= 0.6 is 12.2 Å². The zero-order valence-corrected chi connectivity index (χ0v) is 26.1. The van der Waals surface area contributed by atoms with Crippen LogP contribution in [0.4, 0.5) is 0 Å². The van der Waals surface area contributed by atoms with Crippen molar-refractivity contribution in [3.8, 4) is 0 Å². The fraction of sp³-hybridized carbons (Fsp3) is 0.552. The molecule has 15 heteroatoms. The summed E-state index contributed by atoms with van der Waals surface area (Å²) in [5, 5.41) is 6.35. The molecular formula is C29H36N2O12S. The number of rotatable bonds is 10. The largest absolute Gasteiger partial charge is 0.463 e. The van der Waals surface area contributed by atoms with Gasteiger partial charge in [0.25, 0.3) is 0 Å². The van der Waals surface area contributed by atoms with Crippen LogP contribution in [0.5, 0.6) is 0 Å². The average Bonchev–Trinajstić information content (AvgIpc) is 3.71. The second-order valence-corrected chi connectivity index (χ2v) is 10.6. The number of ether oxygens (including phenoxy) is 6. The quantitative estimate of drug-likeness (QED) is 0.221. The maximum absolute atomic E-state index is 12.3. The summed E-state index contributed by atoms with van der Waals surface area (Å²) in [6.07, 6.45) is -3.39. The van der Waals surface area contributed by atoms with Crippen molar-refractivity contribution in [2.24, 2.45) is 0 Å². The lowest BCUT2D eigenvalue weighted by Crippen LogP contribution is -2.53. The molecule has 4 rings (SSSR count). The van der Waals surface area contributed by atoms with E-state index in [4.69, 9.17) is 49.5 Å². The molecule has 0 bridgehead atoms. The Hall–Kier alpha value is -3.95. The summed E-state index contributed by atoms with van der Waals surface area (Å²) in [7, 11) is 0. The Morgan fingerprint density at radius 1 is 0.773 bits per heavy atom. The highest BCUT2D eigenvalue weighted by Gasteiger charge is 2.46. The second-order valence-electron chi connectivity index (χ2n) is 10.2. The molecule has 2 aliphatic heterocycles. The molecule has 0 spiro atoms. The van der Waals surface area contributed by atoms with Gasteiger partial charge in [-0.05, 0) is 52.0 Å². The third kappa shape index (κ3) is 7.39. The summed E-state index contributed by atoms with van der Waals surface area (Å²) in [4.78, 5) is 48.6. The van der Waals surface area contributed by atoms with Gasteiger partial charge in [0, 0.05) is 13.8 Å². The zero-order valence-electron chi connectivity index (χ0n) is 25.3. The van der Waals surface area contributed by atoms with Gasteiger partial charge in [0.05, 0.1) is 38.5 Å². The van der Waals surface area contributed by atoms with Crippen LogP contribution in [-0.4, -0.2) is 79.7 Å². The number of thiocarbonyl (C=S) groups is 1. The van der Waals surface area contributed by atoms with Gasteiger partial charge in [-0.15, -0.1) is 0 Å². The van der Waals surface area contributed by atoms with Crippen molar-refractivity contribution >= 4 is 41.2 Å². The number of nitrogens with one attached hydrogen (secondary N) is 2. The number of carbonyl (C=O) groups excluding carboxylic acids is 4. The van der Waals surface area contributed by atoms with Crippen molar-refractivity contribution < 1.29 is 56.4 Å². The first kappa shape index (κ1) is 33.0. The summed E-state index contributed by atoms with van der Waals surface area (Å²) >= 11 is 5.56. The van der Waals surface area contributed by atoms with Gasteiger partial charge in [-0.1, -0.05) is 0 Å². The topological polar surface area (TPSA) is 174 Å². The fourth-order valence-corrected chi connectivity index (χ4v) is 5.42. The first-order valence-electron chi connectivity index (χ1n) is 14.1. The van der Waals surface area contributed by atoms with Gasteiger partial charge in [0.2, 0.25) is 0 Å². The predicted molar refractivity (Wildman–Crippen MR) is 154 cm³/mol. The van der Waals surface area contributed by atoms with E-state index in [1.54, 1.807) is 27.7 Å². The molecule has 240 valence electrons. The first-order valence-corrected chi connectivity index (χ1v) is 14.5. The molecule has 2 aromatic heterocycles. The highest BCUT2D eigenvalue weighted by atomic mass is 32.1. The molecule has 2 fully saturated rings. The smallest absolute Gasteiger partial charge is 0.341 e. The third-order valence-electron chi connectivity index (χ3n) is 6.96. The highest BCUT2D eigenvalue weighted by Crippen LogP contribution is 2.36. The molecule has 0 saturated carbocycles. The van der Waals surface area contributed by atoms with E-state index in [0.717, 1.165) is 0 Å². The monoisotopic (exact) mass is 636 g/mol. The van der Waals surface area contributed by atoms with Gasteiger partial charge >= 0.3 is 23.9 Å². The number of esters is 4. The molecule has 0 amide bonds. The molecular weight excluding hydrogens is 600 g/mol. The molecule has 2 N–H and O–H groups in total. The van der Waals surface area contributed by atoms with Crippen molar-refractivity contribution in [3.63, 3.8) is 0 Å². The Labute approximate surface area is 259 Å². The maximum Gasteiger partial charge on any atom is 0.341 e. The first-order chi connectivity index (χ1) is 20.9. The lowest BCUT2D eigenvalue weighted by atomic mass is 10.1. The molecule has 2 aromatic rings. The lowest BCUT2D eigenvalue weighted by Gasteiger charge is -2.26. The van der Waals surface area contributed by atoms with Crippen LogP contribution < -0.4 is 10.6 Å². The standard InChI is InChI=1S/C29H36N2O12S/c1-7-36-27(34)17-9-21(40-13(17)3)25-23(42-15(5)32)19(11-38-25)30-29(44)31-20-12-39-26(24(20)43-16(6)33)22-10-18(14(4)41-22)28(35)37-8-2/h9-10,19-20,23-26H,7-8,11-12H2,1-6H3,(H2,30,31,44)/t19-,20-,23+,24+,25-,26-/m0/s1. The van der Waals surface area contributed by atoms with E-state index < -0.39 is 60.4 Å². The molecule has 6 atom stereocenters. The molecule has 44 heavy (non-hydrogen) atoms. The molecule has 2 aliphatic rings. The number of hydrogen-bond acceptors (Lipinski definition) is 13. The molecule has 0 aromatic carbocycles. The summed E-state index contributed by atoms with van der Waals surface area (Å²) in [6, 6.07) is 1.81. The van der Waals surface area contributed by atoms with Crippen LogP contribution in [0.25, 0.3) is 0 Å². The Morgan fingerprint density at radius 3 is 1.50 bits per heavy atom. The molecule has 0 unspecified atom stereocenters. The molecule has 0 aliphatic carbocycles. The van der Waals surface area contributed by atoms with E-state index >= 15 is 0 Å². The predicted octanol–water partition coefficient (Wildman–Crippen LogP) is 2.75. The highest BCUT2D eigenvalue weighted by molar-refractivity contribution is 7.80.